The van der Waals surface area contributed by atoms with Gasteiger partial charge in [0.15, 0.2) is 0 Å². The molecule has 0 bridgehead atoms. The van der Waals surface area contributed by atoms with Crippen molar-refractivity contribution in [2.24, 2.45) is 5.73 Å². The normalized spacial score (nSPS) is 12.7. The SMILES string of the molecule is Cc1sc2ccc(NC(N)=O)cc2c1CC[N+](C)(Cc1cc(N(C)C)cnn1)c1cccc(-c2ccccc2)c1. The van der Waals surface area contributed by atoms with Gasteiger partial charge in [0.2, 0.25) is 0 Å². The third-order valence-corrected chi connectivity index (χ3v) is 8.54. The number of rotatable bonds is 9. The van der Waals surface area contributed by atoms with Gasteiger partial charge in [0.05, 0.1) is 25.5 Å². The summed E-state index contributed by atoms with van der Waals surface area (Å²) >= 11 is 1.78. The number of aromatic nitrogens is 2. The number of quaternary nitrogens is 1. The van der Waals surface area contributed by atoms with Crippen LogP contribution in [0.15, 0.2) is 85.1 Å². The van der Waals surface area contributed by atoms with E-state index in [4.69, 9.17) is 5.73 Å². The Kier molecular flexibility index (Phi) is 7.82. The second-order valence-electron chi connectivity index (χ2n) is 10.6. The topological polar surface area (TPSA) is 84.1 Å². The van der Waals surface area contributed by atoms with E-state index in [1.54, 1.807) is 17.5 Å². The summed E-state index contributed by atoms with van der Waals surface area (Å²) in [5.41, 5.74) is 13.0. The van der Waals surface area contributed by atoms with Gasteiger partial charge < -0.3 is 16.0 Å². The number of nitrogens with zero attached hydrogens (tertiary/aromatic N) is 4. The van der Waals surface area contributed by atoms with Crippen molar-refractivity contribution in [3.63, 3.8) is 0 Å². The van der Waals surface area contributed by atoms with Crippen LogP contribution in [0.2, 0.25) is 0 Å². The van der Waals surface area contributed by atoms with Gasteiger partial charge in [-0.25, -0.2) is 4.79 Å². The molecule has 5 rings (SSSR count). The van der Waals surface area contributed by atoms with E-state index in [1.807, 2.05) is 32.3 Å². The summed E-state index contributed by atoms with van der Waals surface area (Å²) in [5.74, 6) is 0. The molecule has 1 atom stereocenters. The highest BCUT2D eigenvalue weighted by Crippen LogP contribution is 2.35. The van der Waals surface area contributed by atoms with Crippen molar-refractivity contribution in [1.82, 2.24) is 14.7 Å². The molecular weight excluding hydrogens is 516 g/mol. The van der Waals surface area contributed by atoms with Crippen molar-refractivity contribution in [3.8, 4) is 11.1 Å². The van der Waals surface area contributed by atoms with Crippen LogP contribution in [0.4, 0.5) is 21.9 Å². The molecule has 8 heteroatoms. The Labute approximate surface area is 239 Å². The van der Waals surface area contributed by atoms with E-state index in [1.165, 1.54) is 32.0 Å². The number of nitrogens with one attached hydrogen (secondary N) is 1. The van der Waals surface area contributed by atoms with Gasteiger partial charge in [-0.1, -0.05) is 42.5 Å². The van der Waals surface area contributed by atoms with Crippen molar-refractivity contribution in [2.75, 3.05) is 37.9 Å². The lowest BCUT2D eigenvalue weighted by Gasteiger charge is -2.34. The van der Waals surface area contributed by atoms with Gasteiger partial charge in [-0.05, 0) is 59.3 Å². The fourth-order valence-electron chi connectivity index (χ4n) is 5.19. The fourth-order valence-corrected chi connectivity index (χ4v) is 6.28. The number of amides is 2. The van der Waals surface area contributed by atoms with Gasteiger partial charge in [0.25, 0.3) is 0 Å². The van der Waals surface area contributed by atoms with Crippen LogP contribution in [0, 0.1) is 6.92 Å². The molecule has 1 unspecified atom stereocenters. The van der Waals surface area contributed by atoms with Crippen LogP contribution in [-0.2, 0) is 13.0 Å². The summed E-state index contributed by atoms with van der Waals surface area (Å²) in [6.07, 6.45) is 2.65. The van der Waals surface area contributed by atoms with E-state index in [0.717, 1.165) is 29.7 Å². The molecule has 0 aliphatic carbocycles. The zero-order valence-corrected chi connectivity index (χ0v) is 24.2. The first-order valence-corrected chi connectivity index (χ1v) is 14.1. The highest BCUT2D eigenvalue weighted by Gasteiger charge is 2.28. The van der Waals surface area contributed by atoms with E-state index in [2.05, 4.69) is 95.0 Å². The van der Waals surface area contributed by atoms with E-state index in [9.17, 15) is 4.79 Å². The van der Waals surface area contributed by atoms with Crippen LogP contribution in [0.3, 0.4) is 0 Å². The summed E-state index contributed by atoms with van der Waals surface area (Å²) in [6.45, 7) is 3.72. The first-order valence-electron chi connectivity index (χ1n) is 13.3. The van der Waals surface area contributed by atoms with Crippen LogP contribution in [0.5, 0.6) is 0 Å². The molecule has 5 aromatic rings. The quantitative estimate of drug-likeness (QED) is 0.202. The fraction of sp³-hybridized carbons (Fsp3) is 0.219. The van der Waals surface area contributed by atoms with Gasteiger partial charge in [-0.15, -0.1) is 16.4 Å². The van der Waals surface area contributed by atoms with Gasteiger partial charge in [-0.3, -0.25) is 4.48 Å². The third kappa shape index (κ3) is 5.98. The van der Waals surface area contributed by atoms with E-state index in [-0.39, 0.29) is 0 Å². The molecule has 3 aromatic carbocycles. The predicted molar refractivity (Wildman–Crippen MR) is 168 cm³/mol. The zero-order valence-electron chi connectivity index (χ0n) is 23.4. The number of likely N-dealkylation sites (N-methyl/N-ethyl adjacent to an activating group) is 1. The lowest BCUT2D eigenvalue weighted by molar-refractivity contribution is 0.259. The number of urea groups is 1. The largest absolute Gasteiger partial charge is 0.376 e. The molecule has 0 saturated heterocycles. The number of primary amides is 1. The molecule has 2 aromatic heterocycles. The Hall–Kier alpha value is -4.27. The molecular formula is C32H35N6OS+. The molecule has 0 radical (unpaired) electrons. The Morgan fingerprint density at radius 1 is 1.00 bits per heavy atom. The number of thiophene rings is 1. The van der Waals surface area contributed by atoms with Gasteiger partial charge in [0.1, 0.15) is 17.9 Å². The first-order chi connectivity index (χ1) is 19.2. The number of anilines is 2. The zero-order chi connectivity index (χ0) is 28.3. The average Bonchev–Trinajstić information content (AvgIpc) is 3.26. The van der Waals surface area contributed by atoms with Crippen molar-refractivity contribution in [1.29, 1.82) is 0 Å². The van der Waals surface area contributed by atoms with Crippen molar-refractivity contribution in [3.05, 3.63) is 101 Å². The summed E-state index contributed by atoms with van der Waals surface area (Å²) in [5, 5.41) is 12.7. The number of aryl methyl sites for hydroxylation is 1. The van der Waals surface area contributed by atoms with Crippen molar-refractivity contribution in [2.45, 2.75) is 19.9 Å². The molecule has 0 aliphatic rings. The number of carbonyl (C=O) groups is 1. The molecule has 0 fully saturated rings. The Morgan fingerprint density at radius 3 is 2.52 bits per heavy atom. The van der Waals surface area contributed by atoms with Crippen molar-refractivity contribution >= 4 is 44.5 Å². The molecule has 7 nitrogen and oxygen atoms in total. The van der Waals surface area contributed by atoms with Crippen LogP contribution >= 0.6 is 11.3 Å². The van der Waals surface area contributed by atoms with Crippen LogP contribution in [0.25, 0.3) is 21.2 Å². The molecule has 0 aliphatic heterocycles. The van der Waals surface area contributed by atoms with E-state index in [0.29, 0.717) is 16.7 Å². The van der Waals surface area contributed by atoms with E-state index < -0.39 is 6.03 Å². The molecule has 2 amide bonds. The average molecular weight is 552 g/mol. The van der Waals surface area contributed by atoms with Gasteiger partial charge in [-0.2, -0.15) is 5.10 Å². The van der Waals surface area contributed by atoms with Crippen LogP contribution in [0.1, 0.15) is 16.1 Å². The minimum absolute atomic E-state index is 0.559. The molecule has 204 valence electrons. The molecule has 0 spiro atoms. The number of carbonyl (C=O) groups excluding carboxylic acids is 1. The van der Waals surface area contributed by atoms with Gasteiger partial charge in [0, 0.05) is 41.8 Å². The van der Waals surface area contributed by atoms with Crippen LogP contribution in [-0.4, -0.2) is 43.9 Å². The summed E-state index contributed by atoms with van der Waals surface area (Å²) in [7, 11) is 6.31. The second-order valence-corrected chi connectivity index (χ2v) is 11.8. The molecule has 2 heterocycles. The van der Waals surface area contributed by atoms with E-state index >= 15 is 0 Å². The number of fused-ring (bicyclic) bond motifs is 1. The number of hydrogen-bond acceptors (Lipinski definition) is 5. The first kappa shape index (κ1) is 27.3. The smallest absolute Gasteiger partial charge is 0.316 e. The number of benzene rings is 3. The Bertz CT molecular complexity index is 1650. The lowest BCUT2D eigenvalue weighted by Crippen LogP contribution is -2.46. The monoisotopic (exact) mass is 551 g/mol. The summed E-state index contributed by atoms with van der Waals surface area (Å²) in [4.78, 5) is 14.8. The van der Waals surface area contributed by atoms with Gasteiger partial charge >= 0.3 is 6.03 Å². The van der Waals surface area contributed by atoms with Crippen LogP contribution < -0.4 is 20.4 Å². The standard InChI is InChI=1S/C32H34N6OS/c1-22-29(30-19-25(35-32(33)39)13-14-31(30)40-22)15-16-38(4,21-26-18-27(37(2)3)20-34-36-26)28-12-8-11-24(17-28)23-9-6-5-7-10-23/h5-14,17-20H,15-16,21H2,1-4H3,(H2-,33,35,39)/p+1. The minimum atomic E-state index is -0.559. The number of nitrogens with two attached hydrogens (primary N) is 1. The molecule has 40 heavy (non-hydrogen) atoms. The maximum atomic E-state index is 11.5. The second kappa shape index (κ2) is 11.5. The van der Waals surface area contributed by atoms with Crippen molar-refractivity contribution < 1.29 is 4.79 Å². The number of hydrogen-bond donors (Lipinski definition) is 2. The third-order valence-electron chi connectivity index (χ3n) is 7.41. The maximum absolute atomic E-state index is 11.5. The predicted octanol–water partition coefficient (Wildman–Crippen LogP) is 6.60. The maximum Gasteiger partial charge on any atom is 0.316 e. The lowest BCUT2D eigenvalue weighted by atomic mass is 10.0. The minimum Gasteiger partial charge on any atom is -0.376 e. The summed E-state index contributed by atoms with van der Waals surface area (Å²) < 4.78 is 1.86. The highest BCUT2D eigenvalue weighted by molar-refractivity contribution is 7.19. The summed E-state index contributed by atoms with van der Waals surface area (Å²) in [6, 6.07) is 26.9. The Morgan fingerprint density at radius 2 is 1.77 bits per heavy atom. The molecule has 0 saturated carbocycles. The molecule has 3 N–H and O–H groups in total. The highest BCUT2D eigenvalue weighted by atomic mass is 32.1. The Balaban J connectivity index is 1.53.